The zero-order valence-corrected chi connectivity index (χ0v) is 11.5. The fourth-order valence-electron chi connectivity index (χ4n) is 2.69. The molecule has 1 aromatic rings. The summed E-state index contributed by atoms with van der Waals surface area (Å²) < 4.78 is 38.4. The molecule has 1 amide bonds. The molecule has 1 saturated heterocycles. The fourth-order valence-corrected chi connectivity index (χ4v) is 3.64. The number of carbonyl (C=O) groups excluding carboxylic acids is 1. The van der Waals surface area contributed by atoms with Crippen LogP contribution in [0.2, 0.25) is 0 Å². The van der Waals surface area contributed by atoms with Crippen LogP contribution in [0.25, 0.3) is 0 Å². The molecule has 0 bridgehead atoms. The molecule has 110 valence electrons. The monoisotopic (exact) mass is 304 g/mol. The third-order valence-electron chi connectivity index (χ3n) is 3.98. The molecule has 1 aliphatic heterocycles. The van der Waals surface area contributed by atoms with Crippen molar-refractivity contribution in [3.63, 3.8) is 0 Å². The van der Waals surface area contributed by atoms with E-state index in [0.29, 0.717) is 10.8 Å². The number of alkyl halides is 3. The molecular formula is C13H15F3N2OS. The molecule has 1 saturated carbocycles. The van der Waals surface area contributed by atoms with Crippen molar-refractivity contribution >= 4 is 17.2 Å². The zero-order chi connectivity index (χ0) is 14.5. The van der Waals surface area contributed by atoms with Crippen LogP contribution in [0.1, 0.15) is 34.0 Å². The first-order valence-electron chi connectivity index (χ1n) is 6.57. The van der Waals surface area contributed by atoms with Gasteiger partial charge in [-0.3, -0.25) is 4.79 Å². The predicted molar refractivity (Wildman–Crippen MR) is 69.7 cm³/mol. The van der Waals surface area contributed by atoms with E-state index in [1.165, 1.54) is 16.2 Å². The van der Waals surface area contributed by atoms with Crippen molar-refractivity contribution in [3.8, 4) is 0 Å². The lowest BCUT2D eigenvalue weighted by Crippen LogP contribution is -2.38. The van der Waals surface area contributed by atoms with Gasteiger partial charge >= 0.3 is 6.18 Å². The van der Waals surface area contributed by atoms with Gasteiger partial charge < -0.3 is 10.6 Å². The molecule has 2 fully saturated rings. The highest BCUT2D eigenvalue weighted by atomic mass is 32.1. The van der Waals surface area contributed by atoms with E-state index in [1.54, 1.807) is 0 Å². The smallest absolute Gasteiger partial charge is 0.336 e. The van der Waals surface area contributed by atoms with Crippen molar-refractivity contribution < 1.29 is 18.0 Å². The van der Waals surface area contributed by atoms with Crippen LogP contribution in [-0.2, 0) is 0 Å². The van der Waals surface area contributed by atoms with Crippen LogP contribution < -0.4 is 5.73 Å². The first-order valence-corrected chi connectivity index (χ1v) is 7.45. The lowest BCUT2D eigenvalue weighted by atomic mass is 10.0. The Morgan fingerprint density at radius 3 is 2.60 bits per heavy atom. The maximum Gasteiger partial charge on any atom is 0.395 e. The summed E-state index contributed by atoms with van der Waals surface area (Å²) in [6, 6.07) is 0.885. The van der Waals surface area contributed by atoms with E-state index >= 15 is 0 Å². The maximum atomic E-state index is 12.8. The Morgan fingerprint density at radius 1 is 1.35 bits per heavy atom. The number of hydrogen-bond donors (Lipinski definition) is 1. The van der Waals surface area contributed by atoms with Crippen LogP contribution in [0, 0.1) is 5.92 Å². The van der Waals surface area contributed by atoms with E-state index in [9.17, 15) is 18.0 Å². The molecule has 20 heavy (non-hydrogen) atoms. The van der Waals surface area contributed by atoms with Crippen LogP contribution in [0.5, 0.6) is 0 Å². The topological polar surface area (TPSA) is 46.3 Å². The van der Waals surface area contributed by atoms with Crippen molar-refractivity contribution in [2.24, 2.45) is 11.7 Å². The van der Waals surface area contributed by atoms with Gasteiger partial charge in [-0.05, 0) is 35.8 Å². The van der Waals surface area contributed by atoms with Gasteiger partial charge in [0, 0.05) is 19.1 Å². The lowest BCUT2D eigenvalue weighted by molar-refractivity contribution is -0.172. The molecule has 1 aliphatic carbocycles. The molecule has 3 nitrogen and oxygen atoms in total. The molecule has 3 rings (SSSR count). The van der Waals surface area contributed by atoms with Gasteiger partial charge in [0.15, 0.2) is 0 Å². The zero-order valence-electron chi connectivity index (χ0n) is 10.7. The average Bonchev–Trinajstić information content (AvgIpc) is 2.94. The Morgan fingerprint density at radius 2 is 2.05 bits per heavy atom. The van der Waals surface area contributed by atoms with Crippen molar-refractivity contribution in [2.75, 3.05) is 13.1 Å². The quantitative estimate of drug-likeness (QED) is 0.913. The molecule has 0 spiro atoms. The van der Waals surface area contributed by atoms with Gasteiger partial charge in [0.25, 0.3) is 5.91 Å². The normalized spacial score (nSPS) is 27.1. The van der Waals surface area contributed by atoms with Crippen molar-refractivity contribution in [3.05, 3.63) is 21.9 Å². The molecule has 0 aromatic carbocycles. The van der Waals surface area contributed by atoms with E-state index in [4.69, 9.17) is 5.73 Å². The summed E-state index contributed by atoms with van der Waals surface area (Å²) >= 11 is 1.31. The van der Waals surface area contributed by atoms with E-state index < -0.39 is 18.1 Å². The van der Waals surface area contributed by atoms with Gasteiger partial charge in [0.05, 0.1) is 10.8 Å². The second kappa shape index (κ2) is 4.73. The Labute approximate surface area is 118 Å². The number of carbonyl (C=O) groups is 1. The molecule has 2 atom stereocenters. The fraction of sp³-hybridized carbons (Fsp3) is 0.615. The summed E-state index contributed by atoms with van der Waals surface area (Å²) in [4.78, 5) is 14.2. The molecule has 2 N–H and O–H groups in total. The molecule has 0 radical (unpaired) electrons. The Bertz CT molecular complexity index is 524. The first-order chi connectivity index (χ1) is 9.38. The minimum Gasteiger partial charge on any atom is -0.336 e. The highest BCUT2D eigenvalue weighted by molar-refractivity contribution is 7.12. The minimum atomic E-state index is -4.34. The number of amides is 1. The third-order valence-corrected chi connectivity index (χ3v) is 4.90. The number of halogens is 3. The summed E-state index contributed by atoms with van der Waals surface area (Å²) in [7, 11) is 0. The Balaban J connectivity index is 1.77. The summed E-state index contributed by atoms with van der Waals surface area (Å²) in [5, 5.41) is 1.83. The van der Waals surface area contributed by atoms with Crippen LogP contribution >= 0.6 is 11.3 Å². The highest BCUT2D eigenvalue weighted by Gasteiger charge is 2.49. The van der Waals surface area contributed by atoms with Crippen LogP contribution in [-0.4, -0.2) is 36.1 Å². The number of rotatable bonds is 2. The second-order valence-electron chi connectivity index (χ2n) is 5.50. The molecule has 0 unspecified atom stereocenters. The minimum absolute atomic E-state index is 0.0228. The van der Waals surface area contributed by atoms with Gasteiger partial charge in [-0.25, -0.2) is 0 Å². The van der Waals surface area contributed by atoms with Gasteiger partial charge in [-0.1, -0.05) is 0 Å². The largest absolute Gasteiger partial charge is 0.395 e. The molecule has 2 aliphatic rings. The average molecular weight is 304 g/mol. The highest BCUT2D eigenvalue weighted by Crippen LogP contribution is 2.44. The van der Waals surface area contributed by atoms with Crippen molar-refractivity contribution in [2.45, 2.75) is 31.0 Å². The van der Waals surface area contributed by atoms with Gasteiger partial charge in [-0.2, -0.15) is 13.2 Å². The summed E-state index contributed by atoms with van der Waals surface area (Å²) in [5.74, 6) is -1.50. The molecule has 7 heteroatoms. The van der Waals surface area contributed by atoms with Crippen LogP contribution in [0.4, 0.5) is 13.2 Å². The second-order valence-corrected chi connectivity index (χ2v) is 6.42. The Hall–Kier alpha value is -1.08. The molecular weight excluding hydrogens is 289 g/mol. The van der Waals surface area contributed by atoms with Crippen LogP contribution in [0.3, 0.4) is 0 Å². The number of likely N-dealkylation sites (tertiary alicyclic amines) is 1. The summed E-state index contributed by atoms with van der Waals surface area (Å²) in [6.07, 6.45) is -2.23. The van der Waals surface area contributed by atoms with Crippen molar-refractivity contribution in [1.29, 1.82) is 0 Å². The van der Waals surface area contributed by atoms with Crippen LogP contribution in [0.15, 0.2) is 11.4 Å². The summed E-state index contributed by atoms with van der Waals surface area (Å²) in [5.41, 5.74) is 6.54. The number of nitrogens with two attached hydrogens (primary N) is 1. The van der Waals surface area contributed by atoms with Gasteiger partial charge in [0.2, 0.25) is 0 Å². The third kappa shape index (κ3) is 2.44. The SMILES string of the molecule is N[C@@H]1CN(C(=O)c2sccc2C2CC2)C[C@H]1C(F)(F)F. The maximum absolute atomic E-state index is 12.8. The van der Waals surface area contributed by atoms with Gasteiger partial charge in [-0.15, -0.1) is 11.3 Å². The van der Waals surface area contributed by atoms with E-state index in [1.807, 2.05) is 11.4 Å². The number of thiophene rings is 1. The van der Waals surface area contributed by atoms with Gasteiger partial charge in [0.1, 0.15) is 0 Å². The number of hydrogen-bond acceptors (Lipinski definition) is 3. The Kier molecular flexibility index (Phi) is 3.29. The molecule has 2 heterocycles. The standard InChI is InChI=1S/C13H15F3N2OS/c14-13(15,16)9-5-18(6-10(9)17)12(19)11-8(3-4-20-11)7-1-2-7/h3-4,7,9-10H,1-2,5-6,17H2/t9-,10-/m1/s1. The first kappa shape index (κ1) is 13.9. The number of nitrogens with zero attached hydrogens (tertiary/aromatic N) is 1. The van der Waals surface area contributed by atoms with E-state index in [2.05, 4.69) is 0 Å². The predicted octanol–water partition coefficient (Wildman–Crippen LogP) is 2.59. The molecule has 1 aromatic heterocycles. The lowest BCUT2D eigenvalue weighted by Gasteiger charge is -2.18. The van der Waals surface area contributed by atoms with Crippen molar-refractivity contribution in [1.82, 2.24) is 4.90 Å². The van der Waals surface area contributed by atoms with E-state index in [0.717, 1.165) is 18.4 Å². The van der Waals surface area contributed by atoms with E-state index in [-0.39, 0.29) is 19.0 Å². The summed E-state index contributed by atoms with van der Waals surface area (Å²) in [6.45, 7) is -0.351.